The molecule has 0 saturated carbocycles. The summed E-state index contributed by atoms with van der Waals surface area (Å²) in [5.41, 5.74) is 1.48. The summed E-state index contributed by atoms with van der Waals surface area (Å²) in [6.45, 7) is 2.70. The summed E-state index contributed by atoms with van der Waals surface area (Å²) in [6.07, 6.45) is 5.96. The first-order valence-electron chi connectivity index (χ1n) is 5.83. The molecular weight excluding hydrogens is 294 g/mol. The van der Waals surface area contributed by atoms with Crippen LogP contribution in [0, 0.1) is 0 Å². The number of hydrogen-bond donors (Lipinski definition) is 1. The standard InChI is InChI=1S/C14H14BrNO2/c1-2-6-16-14(17)10-5-7-18-13-4-3-12(15)9-11(13)8-10/h3-5,7-9H,2,6H2,1H3,(H,16,17). The summed E-state index contributed by atoms with van der Waals surface area (Å²) in [7, 11) is 0. The molecule has 1 aliphatic heterocycles. The lowest BCUT2D eigenvalue weighted by Crippen LogP contribution is -2.24. The first-order chi connectivity index (χ1) is 8.70. The van der Waals surface area contributed by atoms with Gasteiger partial charge in [-0.25, -0.2) is 0 Å². The Kier molecular flexibility index (Phi) is 4.20. The molecule has 0 saturated heterocycles. The van der Waals surface area contributed by atoms with E-state index in [-0.39, 0.29) is 5.91 Å². The molecule has 1 aromatic carbocycles. The maximum absolute atomic E-state index is 11.9. The van der Waals surface area contributed by atoms with Gasteiger partial charge in [0.05, 0.1) is 6.26 Å². The van der Waals surface area contributed by atoms with Crippen molar-refractivity contribution in [3.05, 3.63) is 46.1 Å². The number of rotatable bonds is 3. The molecule has 0 bridgehead atoms. The van der Waals surface area contributed by atoms with Gasteiger partial charge in [0, 0.05) is 22.2 Å². The second kappa shape index (κ2) is 5.87. The van der Waals surface area contributed by atoms with E-state index in [4.69, 9.17) is 4.74 Å². The van der Waals surface area contributed by atoms with Crippen molar-refractivity contribution < 1.29 is 9.53 Å². The molecule has 4 heteroatoms. The number of nitrogens with one attached hydrogen (secondary N) is 1. The third-order valence-electron chi connectivity index (χ3n) is 2.52. The van der Waals surface area contributed by atoms with Gasteiger partial charge in [0.1, 0.15) is 5.75 Å². The summed E-state index contributed by atoms with van der Waals surface area (Å²) in [6, 6.07) is 5.70. The van der Waals surface area contributed by atoms with Gasteiger partial charge >= 0.3 is 0 Å². The van der Waals surface area contributed by atoms with Gasteiger partial charge in [-0.2, -0.15) is 0 Å². The van der Waals surface area contributed by atoms with Gasteiger partial charge in [-0.3, -0.25) is 4.79 Å². The number of hydrogen-bond acceptors (Lipinski definition) is 2. The van der Waals surface area contributed by atoms with Crippen molar-refractivity contribution in [3.8, 4) is 5.75 Å². The molecule has 1 aromatic rings. The summed E-state index contributed by atoms with van der Waals surface area (Å²) < 4.78 is 6.41. The van der Waals surface area contributed by atoms with Gasteiger partial charge in [-0.1, -0.05) is 22.9 Å². The molecule has 1 heterocycles. The van der Waals surface area contributed by atoms with Crippen molar-refractivity contribution in [2.45, 2.75) is 13.3 Å². The van der Waals surface area contributed by atoms with Crippen molar-refractivity contribution >= 4 is 27.9 Å². The van der Waals surface area contributed by atoms with Crippen LogP contribution in [0.1, 0.15) is 18.9 Å². The van der Waals surface area contributed by atoms with Crippen LogP contribution in [0.4, 0.5) is 0 Å². The second-order valence-corrected chi connectivity index (χ2v) is 4.87. The van der Waals surface area contributed by atoms with Crippen LogP contribution in [0.2, 0.25) is 0 Å². The Labute approximate surface area is 115 Å². The molecule has 0 atom stereocenters. The Bertz CT molecular complexity index is 521. The molecule has 0 spiro atoms. The Morgan fingerprint density at radius 1 is 1.44 bits per heavy atom. The van der Waals surface area contributed by atoms with E-state index in [1.165, 1.54) is 6.26 Å². The molecule has 94 valence electrons. The van der Waals surface area contributed by atoms with Crippen LogP contribution in [-0.4, -0.2) is 12.5 Å². The second-order valence-electron chi connectivity index (χ2n) is 3.96. The number of ether oxygens (including phenoxy) is 1. The fraction of sp³-hybridized carbons (Fsp3) is 0.214. The zero-order chi connectivity index (χ0) is 13.0. The molecule has 1 amide bonds. The van der Waals surface area contributed by atoms with E-state index >= 15 is 0 Å². The molecule has 0 radical (unpaired) electrons. The average Bonchev–Trinajstić information content (AvgIpc) is 2.57. The van der Waals surface area contributed by atoms with Crippen LogP contribution in [0.15, 0.2) is 40.6 Å². The number of halogens is 1. The first-order valence-corrected chi connectivity index (χ1v) is 6.62. The number of carbonyl (C=O) groups excluding carboxylic acids is 1. The summed E-state index contributed by atoms with van der Waals surface area (Å²) in [4.78, 5) is 11.9. The summed E-state index contributed by atoms with van der Waals surface area (Å²) >= 11 is 3.41. The summed E-state index contributed by atoms with van der Waals surface area (Å²) in [5.74, 6) is 0.664. The molecule has 0 aromatic heterocycles. The number of fused-ring (bicyclic) bond motifs is 1. The lowest BCUT2D eigenvalue weighted by atomic mass is 10.1. The van der Waals surface area contributed by atoms with Gasteiger partial charge in [-0.05, 0) is 36.8 Å². The van der Waals surface area contributed by atoms with Gasteiger partial charge in [0.15, 0.2) is 0 Å². The average molecular weight is 308 g/mol. The molecule has 0 aliphatic carbocycles. The lowest BCUT2D eigenvalue weighted by molar-refractivity contribution is -0.117. The highest BCUT2D eigenvalue weighted by atomic mass is 79.9. The highest BCUT2D eigenvalue weighted by molar-refractivity contribution is 9.10. The van der Waals surface area contributed by atoms with Gasteiger partial charge in [-0.15, -0.1) is 0 Å². The van der Waals surface area contributed by atoms with Crippen LogP contribution >= 0.6 is 15.9 Å². The van der Waals surface area contributed by atoms with E-state index < -0.39 is 0 Å². The van der Waals surface area contributed by atoms with Crippen molar-refractivity contribution in [2.24, 2.45) is 0 Å². The van der Waals surface area contributed by atoms with Crippen LogP contribution in [0.25, 0.3) is 6.08 Å². The molecule has 3 nitrogen and oxygen atoms in total. The Hall–Kier alpha value is -1.55. The number of amides is 1. The van der Waals surface area contributed by atoms with Crippen molar-refractivity contribution in [3.63, 3.8) is 0 Å². The lowest BCUT2D eigenvalue weighted by Gasteiger charge is -2.04. The normalized spacial score (nSPS) is 13.1. The summed E-state index contributed by atoms with van der Waals surface area (Å²) in [5, 5.41) is 2.85. The van der Waals surface area contributed by atoms with E-state index in [9.17, 15) is 4.79 Å². The highest BCUT2D eigenvalue weighted by Crippen LogP contribution is 2.27. The topological polar surface area (TPSA) is 38.3 Å². The number of benzene rings is 1. The van der Waals surface area contributed by atoms with E-state index in [2.05, 4.69) is 21.2 Å². The third kappa shape index (κ3) is 3.01. The predicted octanol–water partition coefficient (Wildman–Crippen LogP) is 3.26. The maximum atomic E-state index is 11.9. The molecule has 0 fully saturated rings. The maximum Gasteiger partial charge on any atom is 0.251 e. The Morgan fingerprint density at radius 3 is 3.06 bits per heavy atom. The van der Waals surface area contributed by atoms with E-state index in [0.717, 1.165) is 22.2 Å². The minimum atomic E-state index is -0.0791. The fourth-order valence-electron chi connectivity index (χ4n) is 1.62. The van der Waals surface area contributed by atoms with Gasteiger partial charge < -0.3 is 10.1 Å². The van der Waals surface area contributed by atoms with Crippen LogP contribution < -0.4 is 10.1 Å². The fourth-order valence-corrected chi connectivity index (χ4v) is 2.00. The molecular formula is C14H14BrNO2. The van der Waals surface area contributed by atoms with Crippen LogP contribution in [0.5, 0.6) is 5.75 Å². The molecule has 2 rings (SSSR count). The molecule has 18 heavy (non-hydrogen) atoms. The van der Waals surface area contributed by atoms with E-state index in [1.54, 1.807) is 6.08 Å². The smallest absolute Gasteiger partial charge is 0.251 e. The SMILES string of the molecule is CCCNC(=O)C1=Cc2cc(Br)ccc2OC=C1. The largest absolute Gasteiger partial charge is 0.464 e. The van der Waals surface area contributed by atoms with E-state index in [0.29, 0.717) is 12.1 Å². The van der Waals surface area contributed by atoms with Crippen molar-refractivity contribution in [2.75, 3.05) is 6.54 Å². The molecule has 0 unspecified atom stereocenters. The zero-order valence-electron chi connectivity index (χ0n) is 10.1. The molecule has 1 aliphatic rings. The van der Waals surface area contributed by atoms with E-state index in [1.807, 2.05) is 31.2 Å². The number of carbonyl (C=O) groups is 1. The van der Waals surface area contributed by atoms with Gasteiger partial charge in [0.25, 0.3) is 5.91 Å². The van der Waals surface area contributed by atoms with Crippen LogP contribution in [-0.2, 0) is 4.79 Å². The monoisotopic (exact) mass is 307 g/mol. The minimum absolute atomic E-state index is 0.0791. The Balaban J connectivity index is 2.29. The quantitative estimate of drug-likeness (QED) is 0.931. The van der Waals surface area contributed by atoms with Crippen LogP contribution in [0.3, 0.4) is 0 Å². The van der Waals surface area contributed by atoms with Crippen molar-refractivity contribution in [1.82, 2.24) is 5.32 Å². The predicted molar refractivity (Wildman–Crippen MR) is 75.2 cm³/mol. The Morgan fingerprint density at radius 2 is 2.28 bits per heavy atom. The van der Waals surface area contributed by atoms with Gasteiger partial charge in [0.2, 0.25) is 0 Å². The van der Waals surface area contributed by atoms with Crippen molar-refractivity contribution in [1.29, 1.82) is 0 Å². The first kappa shape index (κ1) is 12.9. The third-order valence-corrected chi connectivity index (χ3v) is 3.02. The highest BCUT2D eigenvalue weighted by Gasteiger charge is 2.11. The molecule has 1 N–H and O–H groups in total. The zero-order valence-corrected chi connectivity index (χ0v) is 11.7. The minimum Gasteiger partial charge on any atom is -0.464 e.